The molecule has 0 radical (unpaired) electrons. The van der Waals surface area contributed by atoms with Gasteiger partial charge in [0.2, 0.25) is 0 Å². The minimum Gasteiger partial charge on any atom is -0.467 e. The van der Waals surface area contributed by atoms with Crippen LogP contribution in [0.2, 0.25) is 0 Å². The van der Waals surface area contributed by atoms with Crippen LogP contribution < -0.4 is 15.5 Å². The number of furan rings is 1. The van der Waals surface area contributed by atoms with Gasteiger partial charge < -0.3 is 20.0 Å². The van der Waals surface area contributed by atoms with Crippen LogP contribution in [0.5, 0.6) is 0 Å². The van der Waals surface area contributed by atoms with Gasteiger partial charge in [0.25, 0.3) is 0 Å². The van der Waals surface area contributed by atoms with Gasteiger partial charge >= 0.3 is 0 Å². The number of nitrogens with one attached hydrogen (secondary N) is 3. The highest BCUT2D eigenvalue weighted by atomic mass is 32.1. The highest BCUT2D eigenvalue weighted by Crippen LogP contribution is 2.03. The molecule has 0 aliphatic rings. The molecule has 0 aliphatic carbocycles. The Kier molecular flexibility index (Phi) is 5.78. The summed E-state index contributed by atoms with van der Waals surface area (Å²) in [6.45, 7) is 2.36. The van der Waals surface area contributed by atoms with Crippen molar-refractivity contribution in [2.75, 3.05) is 14.1 Å². The average Bonchev–Trinajstić information content (AvgIpc) is 2.97. The van der Waals surface area contributed by atoms with Gasteiger partial charge in [0, 0.05) is 12.1 Å². The molecule has 3 N–H and O–H groups in total. The van der Waals surface area contributed by atoms with Crippen molar-refractivity contribution < 1.29 is 9.32 Å². The molecule has 21 heavy (non-hydrogen) atoms. The van der Waals surface area contributed by atoms with E-state index in [1.165, 1.54) is 16.0 Å². The van der Waals surface area contributed by atoms with Crippen LogP contribution in [0.15, 0.2) is 47.1 Å². The molecule has 0 atom stereocenters. The van der Waals surface area contributed by atoms with Crippen molar-refractivity contribution in [2.45, 2.75) is 19.6 Å². The van der Waals surface area contributed by atoms with E-state index in [4.69, 9.17) is 16.6 Å². The summed E-state index contributed by atoms with van der Waals surface area (Å²) in [4.78, 5) is 1.42. The van der Waals surface area contributed by atoms with E-state index in [1.807, 2.05) is 12.1 Å². The molecular formula is C16H22N3OS+. The Labute approximate surface area is 131 Å². The Hall–Kier alpha value is -1.85. The van der Waals surface area contributed by atoms with Crippen LogP contribution in [-0.4, -0.2) is 19.2 Å². The Morgan fingerprint density at radius 3 is 2.33 bits per heavy atom. The number of benzene rings is 1. The molecule has 0 aliphatic heterocycles. The standard InChI is InChI=1S/C16H21N3OS/c1-19(2)12-14-7-5-13(6-8-14)10-17-16(21)18-11-15-4-3-9-20-15/h3-9H,10-12H2,1-2H3,(H2,17,18,21)/p+1. The fourth-order valence-electron chi connectivity index (χ4n) is 2.01. The fourth-order valence-corrected chi connectivity index (χ4v) is 2.15. The van der Waals surface area contributed by atoms with Crippen molar-refractivity contribution in [3.05, 3.63) is 59.5 Å². The molecular weight excluding hydrogens is 282 g/mol. The summed E-state index contributed by atoms with van der Waals surface area (Å²) in [6, 6.07) is 12.4. The van der Waals surface area contributed by atoms with Gasteiger partial charge in [0.15, 0.2) is 5.11 Å². The van der Waals surface area contributed by atoms with Gasteiger partial charge in [-0.15, -0.1) is 0 Å². The van der Waals surface area contributed by atoms with Crippen LogP contribution in [0.4, 0.5) is 0 Å². The minimum atomic E-state index is 0.601. The van der Waals surface area contributed by atoms with Crippen molar-refractivity contribution in [2.24, 2.45) is 0 Å². The molecule has 112 valence electrons. The van der Waals surface area contributed by atoms with Gasteiger partial charge in [0.05, 0.1) is 26.9 Å². The SMILES string of the molecule is C[NH+](C)Cc1ccc(CNC(=S)NCc2ccco2)cc1. The molecule has 0 amide bonds. The third-order valence-electron chi connectivity index (χ3n) is 3.04. The molecule has 0 saturated heterocycles. The van der Waals surface area contributed by atoms with E-state index in [1.54, 1.807) is 6.26 Å². The first-order valence-corrected chi connectivity index (χ1v) is 7.45. The van der Waals surface area contributed by atoms with E-state index >= 15 is 0 Å². The summed E-state index contributed by atoms with van der Waals surface area (Å²) in [6.07, 6.45) is 1.66. The predicted molar refractivity (Wildman–Crippen MR) is 87.9 cm³/mol. The maximum absolute atomic E-state index is 5.24. The first-order valence-electron chi connectivity index (χ1n) is 7.04. The van der Waals surface area contributed by atoms with Crippen LogP contribution in [0.25, 0.3) is 0 Å². The third-order valence-corrected chi connectivity index (χ3v) is 3.33. The molecule has 1 heterocycles. The van der Waals surface area contributed by atoms with E-state index in [-0.39, 0.29) is 0 Å². The lowest BCUT2D eigenvalue weighted by Gasteiger charge is -2.11. The van der Waals surface area contributed by atoms with Crippen molar-refractivity contribution in [3.8, 4) is 0 Å². The van der Waals surface area contributed by atoms with Crippen molar-refractivity contribution in [1.82, 2.24) is 10.6 Å². The van der Waals surface area contributed by atoms with Crippen LogP contribution in [0, 0.1) is 0 Å². The van der Waals surface area contributed by atoms with Crippen LogP contribution in [0.3, 0.4) is 0 Å². The molecule has 1 aromatic heterocycles. The first-order chi connectivity index (χ1) is 10.1. The maximum Gasteiger partial charge on any atom is 0.166 e. The van der Waals surface area contributed by atoms with Crippen molar-refractivity contribution >= 4 is 17.3 Å². The molecule has 2 rings (SSSR count). The number of hydrogen-bond acceptors (Lipinski definition) is 2. The lowest BCUT2D eigenvalue weighted by Crippen LogP contribution is -3.04. The zero-order chi connectivity index (χ0) is 15.1. The van der Waals surface area contributed by atoms with E-state index in [2.05, 4.69) is 49.0 Å². The molecule has 0 spiro atoms. The second-order valence-electron chi connectivity index (χ2n) is 5.32. The lowest BCUT2D eigenvalue weighted by atomic mass is 10.1. The number of thiocarbonyl (C=S) groups is 1. The molecule has 1 aromatic carbocycles. The monoisotopic (exact) mass is 304 g/mol. The number of rotatable bonds is 6. The Morgan fingerprint density at radius 2 is 1.71 bits per heavy atom. The minimum absolute atomic E-state index is 0.601. The van der Waals surface area contributed by atoms with Gasteiger partial charge in [-0.05, 0) is 29.9 Å². The summed E-state index contributed by atoms with van der Waals surface area (Å²) in [5.41, 5.74) is 2.56. The summed E-state index contributed by atoms with van der Waals surface area (Å²) >= 11 is 5.24. The Bertz CT molecular complexity index is 549. The van der Waals surface area contributed by atoms with Crippen molar-refractivity contribution in [3.63, 3.8) is 0 Å². The normalized spacial score (nSPS) is 10.6. The topological polar surface area (TPSA) is 41.6 Å². The first kappa shape index (κ1) is 15.5. The van der Waals surface area contributed by atoms with E-state index < -0.39 is 0 Å². The summed E-state index contributed by atoms with van der Waals surface area (Å²) in [7, 11) is 4.30. The lowest BCUT2D eigenvalue weighted by molar-refractivity contribution is -0.872. The zero-order valence-corrected chi connectivity index (χ0v) is 13.3. The van der Waals surface area contributed by atoms with Gasteiger partial charge in [-0.25, -0.2) is 0 Å². The smallest absolute Gasteiger partial charge is 0.166 e. The van der Waals surface area contributed by atoms with Gasteiger partial charge in [-0.2, -0.15) is 0 Å². The number of hydrogen-bond donors (Lipinski definition) is 3. The predicted octanol–water partition coefficient (Wildman–Crippen LogP) is 1.09. The van der Waals surface area contributed by atoms with Crippen molar-refractivity contribution in [1.29, 1.82) is 0 Å². The second-order valence-corrected chi connectivity index (χ2v) is 5.72. The van der Waals surface area contributed by atoms with E-state index in [0.29, 0.717) is 11.7 Å². The zero-order valence-electron chi connectivity index (χ0n) is 12.5. The van der Waals surface area contributed by atoms with E-state index in [0.717, 1.165) is 18.8 Å². The quantitative estimate of drug-likeness (QED) is 0.699. The summed E-state index contributed by atoms with van der Waals surface area (Å²) < 4.78 is 5.24. The molecule has 4 nitrogen and oxygen atoms in total. The maximum atomic E-state index is 5.24. The molecule has 0 bridgehead atoms. The van der Waals surface area contributed by atoms with Gasteiger partial charge in [-0.1, -0.05) is 24.3 Å². The second kappa shape index (κ2) is 7.81. The highest BCUT2D eigenvalue weighted by Gasteiger charge is 2.01. The molecule has 5 heteroatoms. The molecule has 0 saturated carbocycles. The average molecular weight is 304 g/mol. The van der Waals surface area contributed by atoms with Crippen LogP contribution in [0.1, 0.15) is 16.9 Å². The molecule has 0 unspecified atom stereocenters. The van der Waals surface area contributed by atoms with Crippen LogP contribution in [-0.2, 0) is 19.6 Å². The fraction of sp³-hybridized carbons (Fsp3) is 0.312. The number of quaternary nitrogens is 1. The molecule has 0 fully saturated rings. The van der Waals surface area contributed by atoms with E-state index in [9.17, 15) is 0 Å². The Morgan fingerprint density at radius 1 is 1.05 bits per heavy atom. The van der Waals surface area contributed by atoms with Gasteiger partial charge in [0.1, 0.15) is 12.3 Å². The van der Waals surface area contributed by atoms with Gasteiger partial charge in [-0.3, -0.25) is 0 Å². The third kappa shape index (κ3) is 5.57. The summed E-state index contributed by atoms with van der Waals surface area (Å²) in [5, 5.41) is 6.94. The highest BCUT2D eigenvalue weighted by molar-refractivity contribution is 7.80. The Balaban J connectivity index is 1.73. The largest absolute Gasteiger partial charge is 0.467 e. The summed E-state index contributed by atoms with van der Waals surface area (Å²) in [5.74, 6) is 0.870. The van der Waals surface area contributed by atoms with Crippen LogP contribution >= 0.6 is 12.2 Å². The molecule has 2 aromatic rings.